The smallest absolute Gasteiger partial charge is 0.342 e. The molecule has 0 saturated carbocycles. The lowest BCUT2D eigenvalue weighted by Gasteiger charge is -2.12. The van der Waals surface area contributed by atoms with Crippen LogP contribution < -0.4 is 10.5 Å². The molecule has 21 heavy (non-hydrogen) atoms. The van der Waals surface area contributed by atoms with Crippen LogP contribution in [0.1, 0.15) is 24.2 Å². The first-order chi connectivity index (χ1) is 9.95. The summed E-state index contributed by atoms with van der Waals surface area (Å²) in [4.78, 5) is 12.2. The molecule has 0 saturated heterocycles. The van der Waals surface area contributed by atoms with Gasteiger partial charge in [0.15, 0.2) is 0 Å². The average molecular weight is 309 g/mol. The third kappa shape index (κ3) is 3.00. The van der Waals surface area contributed by atoms with Gasteiger partial charge in [0.1, 0.15) is 22.1 Å². The first-order valence-corrected chi connectivity index (χ1v) is 7.24. The summed E-state index contributed by atoms with van der Waals surface area (Å²) < 4.78 is 24.5. The number of methoxy groups -OCH3 is 1. The van der Waals surface area contributed by atoms with Crippen molar-refractivity contribution in [1.29, 1.82) is 0 Å². The molecule has 0 amide bonds. The molecule has 0 unspecified atom stereocenters. The number of hydrogen-bond donors (Lipinski definition) is 1. The van der Waals surface area contributed by atoms with E-state index < -0.39 is 11.8 Å². The molecule has 1 aromatic carbocycles. The van der Waals surface area contributed by atoms with Crippen molar-refractivity contribution in [3.63, 3.8) is 0 Å². The van der Waals surface area contributed by atoms with Crippen LogP contribution in [-0.4, -0.2) is 19.2 Å². The molecular weight excluding hydrogens is 293 g/mol. The van der Waals surface area contributed by atoms with E-state index in [1.807, 2.05) is 0 Å². The lowest BCUT2D eigenvalue weighted by Crippen LogP contribution is -2.13. The van der Waals surface area contributed by atoms with E-state index in [9.17, 15) is 9.18 Å². The number of benzene rings is 1. The largest absolute Gasteiger partial charge is 0.496 e. The van der Waals surface area contributed by atoms with Gasteiger partial charge in [0.05, 0.1) is 18.8 Å². The highest BCUT2D eigenvalue weighted by Crippen LogP contribution is 2.40. The number of halogens is 1. The Morgan fingerprint density at radius 2 is 2.10 bits per heavy atom. The normalized spacial score (nSPS) is 10.7. The van der Waals surface area contributed by atoms with E-state index in [4.69, 9.17) is 15.2 Å². The fraction of sp³-hybridized carbons (Fsp3) is 0.267. The van der Waals surface area contributed by atoms with Crippen molar-refractivity contribution in [2.45, 2.75) is 20.0 Å². The summed E-state index contributed by atoms with van der Waals surface area (Å²) in [6.07, 6.45) is -0.285. The summed E-state index contributed by atoms with van der Waals surface area (Å²) in [5.41, 5.74) is 6.63. The molecule has 0 fully saturated rings. The summed E-state index contributed by atoms with van der Waals surface area (Å²) in [6, 6.07) is 4.48. The van der Waals surface area contributed by atoms with Crippen LogP contribution in [0.4, 0.5) is 9.39 Å². The fourth-order valence-corrected chi connectivity index (χ4v) is 2.77. The molecule has 1 aromatic heterocycles. The van der Waals surface area contributed by atoms with E-state index in [0.717, 1.165) is 11.3 Å². The minimum absolute atomic E-state index is 0.178. The van der Waals surface area contributed by atoms with Crippen molar-refractivity contribution in [1.82, 2.24) is 0 Å². The number of rotatable bonds is 4. The van der Waals surface area contributed by atoms with E-state index in [1.165, 1.54) is 13.2 Å². The van der Waals surface area contributed by atoms with Gasteiger partial charge >= 0.3 is 5.97 Å². The molecule has 0 aliphatic heterocycles. The summed E-state index contributed by atoms with van der Waals surface area (Å²) in [5, 5.41) is 1.92. The third-order valence-corrected chi connectivity index (χ3v) is 3.64. The first-order valence-electron chi connectivity index (χ1n) is 6.36. The van der Waals surface area contributed by atoms with Gasteiger partial charge in [-0.3, -0.25) is 0 Å². The molecule has 4 nitrogen and oxygen atoms in total. The van der Waals surface area contributed by atoms with Crippen LogP contribution in [0.25, 0.3) is 11.1 Å². The Balaban J connectivity index is 2.59. The standard InChI is InChI=1S/C15H16FNO3S/c1-8(2)20-15(18)13-9(7-21-14(13)17)12-10(16)5-4-6-11(12)19-3/h4-8H,17H2,1-3H3. The van der Waals surface area contributed by atoms with E-state index in [0.29, 0.717) is 16.3 Å². The van der Waals surface area contributed by atoms with Gasteiger partial charge in [-0.15, -0.1) is 11.3 Å². The maximum absolute atomic E-state index is 14.2. The molecule has 2 N–H and O–H groups in total. The molecule has 6 heteroatoms. The Bertz CT molecular complexity index is 667. The molecule has 112 valence electrons. The van der Waals surface area contributed by atoms with Gasteiger partial charge in [-0.05, 0) is 26.0 Å². The molecule has 0 bridgehead atoms. The Labute approximate surface area is 126 Å². The Morgan fingerprint density at radius 3 is 2.71 bits per heavy atom. The van der Waals surface area contributed by atoms with Crippen molar-refractivity contribution >= 4 is 22.3 Å². The second-order valence-corrected chi connectivity index (χ2v) is 5.57. The number of ether oxygens (including phenoxy) is 2. The van der Waals surface area contributed by atoms with Crippen LogP contribution in [0.2, 0.25) is 0 Å². The molecule has 1 heterocycles. The zero-order chi connectivity index (χ0) is 15.6. The zero-order valence-electron chi connectivity index (χ0n) is 12.0. The van der Waals surface area contributed by atoms with Crippen LogP contribution in [0, 0.1) is 5.82 Å². The Kier molecular flexibility index (Phi) is 4.47. The maximum atomic E-state index is 14.2. The quantitative estimate of drug-likeness (QED) is 0.875. The number of carbonyl (C=O) groups is 1. The van der Waals surface area contributed by atoms with Crippen LogP contribution >= 0.6 is 11.3 Å². The van der Waals surface area contributed by atoms with E-state index >= 15 is 0 Å². The predicted octanol–water partition coefficient (Wildman–Crippen LogP) is 3.71. The zero-order valence-corrected chi connectivity index (χ0v) is 12.8. The Morgan fingerprint density at radius 1 is 1.38 bits per heavy atom. The monoisotopic (exact) mass is 309 g/mol. The molecule has 0 spiro atoms. The summed E-state index contributed by atoms with van der Waals surface area (Å²) >= 11 is 1.16. The summed E-state index contributed by atoms with van der Waals surface area (Å²) in [6.45, 7) is 3.48. The van der Waals surface area contributed by atoms with Gasteiger partial charge in [0.25, 0.3) is 0 Å². The van der Waals surface area contributed by atoms with Crippen molar-refractivity contribution in [2.24, 2.45) is 0 Å². The number of carbonyl (C=O) groups excluding carboxylic acids is 1. The molecule has 0 radical (unpaired) electrons. The minimum atomic E-state index is -0.566. The number of nitrogen functional groups attached to an aromatic ring is 1. The highest BCUT2D eigenvalue weighted by atomic mass is 32.1. The molecule has 0 aliphatic carbocycles. The van der Waals surface area contributed by atoms with E-state index in [1.54, 1.807) is 31.4 Å². The van der Waals surface area contributed by atoms with E-state index in [2.05, 4.69) is 0 Å². The molecule has 2 aromatic rings. The predicted molar refractivity (Wildman–Crippen MR) is 81.2 cm³/mol. The van der Waals surface area contributed by atoms with Gasteiger partial charge in [0.2, 0.25) is 0 Å². The number of hydrogen-bond acceptors (Lipinski definition) is 5. The summed E-state index contributed by atoms with van der Waals surface area (Å²) in [5.74, 6) is -0.707. The van der Waals surface area contributed by atoms with Crippen LogP contribution in [-0.2, 0) is 4.74 Å². The van der Waals surface area contributed by atoms with Gasteiger partial charge < -0.3 is 15.2 Å². The maximum Gasteiger partial charge on any atom is 0.342 e. The lowest BCUT2D eigenvalue weighted by molar-refractivity contribution is 0.0380. The van der Waals surface area contributed by atoms with Crippen LogP contribution in [0.5, 0.6) is 5.75 Å². The highest BCUT2D eigenvalue weighted by Gasteiger charge is 2.24. The number of anilines is 1. The molecule has 2 rings (SSSR count). The highest BCUT2D eigenvalue weighted by molar-refractivity contribution is 7.15. The minimum Gasteiger partial charge on any atom is -0.496 e. The van der Waals surface area contributed by atoms with E-state index in [-0.39, 0.29) is 17.2 Å². The average Bonchev–Trinajstić information content (AvgIpc) is 2.79. The van der Waals surface area contributed by atoms with Crippen molar-refractivity contribution in [3.8, 4) is 16.9 Å². The third-order valence-electron chi connectivity index (χ3n) is 2.83. The van der Waals surface area contributed by atoms with Gasteiger partial charge in [-0.2, -0.15) is 0 Å². The Hall–Kier alpha value is -2.08. The number of esters is 1. The number of nitrogens with two attached hydrogens (primary N) is 1. The van der Waals surface area contributed by atoms with Crippen molar-refractivity contribution in [3.05, 3.63) is 35.0 Å². The van der Waals surface area contributed by atoms with Crippen molar-refractivity contribution in [2.75, 3.05) is 12.8 Å². The topological polar surface area (TPSA) is 61.5 Å². The van der Waals surface area contributed by atoms with Crippen molar-refractivity contribution < 1.29 is 18.7 Å². The molecular formula is C15H16FNO3S. The SMILES string of the molecule is COc1cccc(F)c1-c1csc(N)c1C(=O)OC(C)C. The fourth-order valence-electron chi connectivity index (χ4n) is 1.98. The first kappa shape index (κ1) is 15.3. The molecule has 0 atom stereocenters. The second kappa shape index (κ2) is 6.13. The summed E-state index contributed by atoms with van der Waals surface area (Å²) in [7, 11) is 1.44. The molecule has 0 aliphatic rings. The van der Waals surface area contributed by atoms with Gasteiger partial charge in [0, 0.05) is 10.9 Å². The lowest BCUT2D eigenvalue weighted by atomic mass is 10.0. The van der Waals surface area contributed by atoms with Gasteiger partial charge in [-0.25, -0.2) is 9.18 Å². The van der Waals surface area contributed by atoms with Crippen LogP contribution in [0.3, 0.4) is 0 Å². The van der Waals surface area contributed by atoms with Crippen LogP contribution in [0.15, 0.2) is 23.6 Å². The van der Waals surface area contributed by atoms with Gasteiger partial charge in [-0.1, -0.05) is 6.07 Å². The second-order valence-electron chi connectivity index (χ2n) is 4.66. The number of thiophene rings is 1.